The number of hydrogen-bond acceptors (Lipinski definition) is 8. The number of amides is 1. The van der Waals surface area contributed by atoms with Crippen molar-refractivity contribution in [2.45, 2.75) is 11.1 Å². The molecule has 136 valence electrons. The van der Waals surface area contributed by atoms with E-state index in [1.807, 2.05) is 6.92 Å². The van der Waals surface area contributed by atoms with Crippen molar-refractivity contribution >= 4 is 74.4 Å². The Balaban J connectivity index is 2.03. The van der Waals surface area contributed by atoms with Gasteiger partial charge in [-0.25, -0.2) is 4.98 Å². The third-order valence-electron chi connectivity index (χ3n) is 3.30. The maximum atomic E-state index is 12.0. The van der Waals surface area contributed by atoms with Gasteiger partial charge in [-0.05, 0) is 12.3 Å². The van der Waals surface area contributed by atoms with Gasteiger partial charge in [0, 0.05) is 17.1 Å². The topological polar surface area (TPSA) is 102 Å². The Morgan fingerprint density at radius 1 is 1.50 bits per heavy atom. The second-order valence-electron chi connectivity index (χ2n) is 5.05. The van der Waals surface area contributed by atoms with Gasteiger partial charge in [0.1, 0.15) is 9.91 Å². The van der Waals surface area contributed by atoms with Crippen molar-refractivity contribution in [3.8, 4) is 0 Å². The summed E-state index contributed by atoms with van der Waals surface area (Å²) in [5.74, 6) is -0.731. The van der Waals surface area contributed by atoms with E-state index in [1.54, 1.807) is 16.5 Å². The number of rotatable bonds is 5. The van der Waals surface area contributed by atoms with Crippen LogP contribution in [0.5, 0.6) is 0 Å². The number of halogens is 2. The molecular weight excluding hydrogens is 439 g/mol. The van der Waals surface area contributed by atoms with Gasteiger partial charge < -0.3 is 10.6 Å². The third kappa shape index (κ3) is 3.60. The molecule has 0 bridgehead atoms. The lowest BCUT2D eigenvalue weighted by molar-refractivity contribution is -0.387. The molecule has 3 heterocycles. The number of carbonyl (C=O) groups is 1. The number of anilines is 1. The molecular formula is C14H10Cl2N4O3S3. The summed E-state index contributed by atoms with van der Waals surface area (Å²) in [7, 11) is 0. The minimum Gasteiger partial charge on any atom is -0.364 e. The molecule has 2 aromatic rings. The summed E-state index contributed by atoms with van der Waals surface area (Å²) < 4.78 is 0.420. The predicted molar refractivity (Wildman–Crippen MR) is 106 cm³/mol. The van der Waals surface area contributed by atoms with Gasteiger partial charge in [0.25, 0.3) is 11.6 Å². The number of aromatic nitrogens is 1. The van der Waals surface area contributed by atoms with E-state index in [1.165, 1.54) is 28.7 Å². The molecule has 2 aromatic heterocycles. The average molecular weight is 449 g/mol. The largest absolute Gasteiger partial charge is 0.364 e. The van der Waals surface area contributed by atoms with Crippen LogP contribution in [0.25, 0.3) is 0 Å². The van der Waals surface area contributed by atoms with Gasteiger partial charge in [0.2, 0.25) is 0 Å². The first-order valence-electron chi connectivity index (χ1n) is 6.98. The third-order valence-corrected chi connectivity index (χ3v) is 7.42. The fraction of sp³-hybridized carbons (Fsp3) is 0.143. The van der Waals surface area contributed by atoms with Gasteiger partial charge >= 0.3 is 0 Å². The molecule has 0 radical (unpaired) electrons. The Morgan fingerprint density at radius 3 is 2.81 bits per heavy atom. The summed E-state index contributed by atoms with van der Waals surface area (Å²) in [6.07, 6.45) is 1.67. The molecule has 7 nitrogen and oxygen atoms in total. The molecule has 0 saturated heterocycles. The smallest absolute Gasteiger partial charge is 0.294 e. The maximum absolute atomic E-state index is 12.0. The van der Waals surface area contributed by atoms with Crippen molar-refractivity contribution < 1.29 is 9.72 Å². The molecule has 12 heteroatoms. The quantitative estimate of drug-likeness (QED) is 0.536. The summed E-state index contributed by atoms with van der Waals surface area (Å²) in [4.78, 5) is 29.8. The van der Waals surface area contributed by atoms with E-state index in [0.29, 0.717) is 19.3 Å². The number of primary amides is 1. The Kier molecular flexibility index (Phi) is 5.58. The highest BCUT2D eigenvalue weighted by Crippen LogP contribution is 2.47. The number of thioether (sulfide) groups is 1. The number of thiazole rings is 1. The van der Waals surface area contributed by atoms with E-state index in [-0.39, 0.29) is 23.0 Å². The van der Waals surface area contributed by atoms with Gasteiger partial charge in [-0.2, -0.15) is 0 Å². The molecule has 0 saturated carbocycles. The predicted octanol–water partition coefficient (Wildman–Crippen LogP) is 4.42. The van der Waals surface area contributed by atoms with E-state index in [0.717, 1.165) is 16.6 Å². The summed E-state index contributed by atoms with van der Waals surface area (Å²) in [5, 5.41) is 13.7. The van der Waals surface area contributed by atoms with Crippen LogP contribution in [0.2, 0.25) is 0 Å². The molecule has 2 N–H and O–H groups in total. The number of carbonyl (C=O) groups excluding carboxylic acids is 1. The number of allylic oxidation sites excluding steroid dienone is 1. The highest BCUT2D eigenvalue weighted by Gasteiger charge is 2.33. The van der Waals surface area contributed by atoms with Crippen molar-refractivity contribution in [2.24, 2.45) is 5.73 Å². The number of aryl methyl sites for hydroxylation is 1. The fourth-order valence-electron chi connectivity index (χ4n) is 2.20. The van der Waals surface area contributed by atoms with Gasteiger partial charge in [-0.15, -0.1) is 22.7 Å². The Hall–Kier alpha value is -1.59. The van der Waals surface area contributed by atoms with Gasteiger partial charge in [0.05, 0.1) is 26.4 Å². The van der Waals surface area contributed by atoms with E-state index >= 15 is 0 Å². The zero-order valence-corrected chi connectivity index (χ0v) is 17.0. The van der Waals surface area contributed by atoms with Crippen molar-refractivity contribution in [1.82, 2.24) is 4.98 Å². The number of nitrogens with two attached hydrogens (primary N) is 1. The Morgan fingerprint density at radius 2 is 2.23 bits per heavy atom. The van der Waals surface area contributed by atoms with Crippen LogP contribution >= 0.6 is 57.6 Å². The maximum Gasteiger partial charge on any atom is 0.294 e. The van der Waals surface area contributed by atoms with Gasteiger partial charge in [0.15, 0.2) is 5.13 Å². The minimum absolute atomic E-state index is 0.0416. The van der Waals surface area contributed by atoms with Crippen LogP contribution in [0.3, 0.4) is 0 Å². The molecule has 1 aliphatic heterocycles. The molecule has 26 heavy (non-hydrogen) atoms. The lowest BCUT2D eigenvalue weighted by atomic mass is 10.2. The van der Waals surface area contributed by atoms with Gasteiger partial charge in [-0.1, -0.05) is 35.0 Å². The second kappa shape index (κ2) is 7.57. The lowest BCUT2D eigenvalue weighted by Crippen LogP contribution is -2.36. The summed E-state index contributed by atoms with van der Waals surface area (Å²) in [6, 6.07) is 1.40. The highest BCUT2D eigenvalue weighted by molar-refractivity contribution is 8.05. The molecule has 0 atom stereocenters. The van der Waals surface area contributed by atoms with Crippen molar-refractivity contribution in [3.63, 3.8) is 0 Å². The van der Waals surface area contributed by atoms with Crippen LogP contribution in [0.1, 0.15) is 4.88 Å². The van der Waals surface area contributed by atoms with Crippen LogP contribution in [0, 0.1) is 17.0 Å². The van der Waals surface area contributed by atoms with Crippen molar-refractivity contribution in [1.29, 1.82) is 0 Å². The molecule has 0 aliphatic carbocycles. The SMILES string of the molecule is Cc1cnc(N2CC(Cl)=C(Sc3sccc3[N+](=O)[O-])C(Cl)=C2C(N)=O)s1. The van der Waals surface area contributed by atoms with E-state index in [4.69, 9.17) is 28.9 Å². The lowest BCUT2D eigenvalue weighted by Gasteiger charge is -2.29. The monoisotopic (exact) mass is 448 g/mol. The summed E-state index contributed by atoms with van der Waals surface area (Å²) in [5.41, 5.74) is 5.55. The van der Waals surface area contributed by atoms with E-state index < -0.39 is 10.8 Å². The first kappa shape index (κ1) is 19.2. The normalized spacial score (nSPS) is 15.0. The first-order valence-corrected chi connectivity index (χ1v) is 10.2. The van der Waals surface area contributed by atoms with Crippen LogP contribution < -0.4 is 10.6 Å². The molecule has 0 unspecified atom stereocenters. The zero-order chi connectivity index (χ0) is 19.0. The summed E-state index contributed by atoms with van der Waals surface area (Å²) in [6.45, 7) is 2.03. The van der Waals surface area contributed by atoms with E-state index in [9.17, 15) is 14.9 Å². The van der Waals surface area contributed by atoms with Crippen molar-refractivity contribution in [3.05, 3.63) is 53.3 Å². The Bertz CT molecular complexity index is 966. The second-order valence-corrected chi connectivity index (χ2v) is 9.30. The molecule has 1 aliphatic rings. The molecule has 1 amide bonds. The average Bonchev–Trinajstić information content (AvgIpc) is 3.19. The molecule has 0 aromatic carbocycles. The van der Waals surface area contributed by atoms with Crippen LogP contribution in [0.15, 0.2) is 42.5 Å². The van der Waals surface area contributed by atoms with Gasteiger partial charge in [-0.3, -0.25) is 14.9 Å². The number of nitro groups is 1. The number of nitrogens with zero attached hydrogens (tertiary/aromatic N) is 3. The Labute approximate surface area is 170 Å². The molecule has 0 spiro atoms. The van der Waals surface area contributed by atoms with Crippen molar-refractivity contribution in [2.75, 3.05) is 11.4 Å². The van der Waals surface area contributed by atoms with E-state index in [2.05, 4.69) is 4.98 Å². The molecule has 0 fully saturated rings. The number of thiophene rings is 1. The van der Waals surface area contributed by atoms with Crippen LogP contribution in [0.4, 0.5) is 10.8 Å². The zero-order valence-electron chi connectivity index (χ0n) is 13.1. The number of hydrogen-bond donors (Lipinski definition) is 1. The van der Waals surface area contributed by atoms with Crippen LogP contribution in [-0.2, 0) is 4.79 Å². The van der Waals surface area contributed by atoms with Crippen LogP contribution in [-0.4, -0.2) is 22.4 Å². The fourth-order valence-corrected chi connectivity index (χ4v) is 5.76. The summed E-state index contributed by atoms with van der Waals surface area (Å²) >= 11 is 16.4. The highest BCUT2D eigenvalue weighted by atomic mass is 35.5. The first-order chi connectivity index (χ1) is 12.3. The minimum atomic E-state index is -0.731. The molecule has 3 rings (SSSR count). The standard InChI is InChI=1S/C14H10Cl2N4O3S3/c1-6-4-18-14(25-6)19-5-7(15)11(9(16)10(19)12(17)21)26-13-8(20(22)23)2-3-24-13/h2-4H,5H2,1H3,(H2,17,21).